The van der Waals surface area contributed by atoms with Crippen LogP contribution in [0.4, 0.5) is 5.82 Å². The van der Waals surface area contributed by atoms with Gasteiger partial charge in [-0.1, -0.05) is 20.3 Å². The summed E-state index contributed by atoms with van der Waals surface area (Å²) in [6, 6.07) is 1.52. The molecule has 6 nitrogen and oxygen atoms in total. The summed E-state index contributed by atoms with van der Waals surface area (Å²) in [4.78, 5) is 27.0. The Kier molecular flexibility index (Phi) is 4.68. The smallest absolute Gasteiger partial charge is 0.248 e. The van der Waals surface area contributed by atoms with Gasteiger partial charge >= 0.3 is 0 Å². The Balaban J connectivity index is 1.64. The van der Waals surface area contributed by atoms with Gasteiger partial charge in [-0.15, -0.1) is 0 Å². The van der Waals surface area contributed by atoms with Crippen molar-refractivity contribution in [2.24, 2.45) is 11.8 Å². The third-order valence-electron chi connectivity index (χ3n) is 4.92. The minimum absolute atomic E-state index is 0.110. The molecule has 3 rings (SSSR count). The molecule has 2 amide bonds. The number of aromatic nitrogens is 2. The van der Waals surface area contributed by atoms with Crippen molar-refractivity contribution in [3.63, 3.8) is 0 Å². The van der Waals surface area contributed by atoms with Crippen molar-refractivity contribution in [1.82, 2.24) is 15.1 Å². The maximum Gasteiger partial charge on any atom is 0.248 e. The number of amides is 2. The molecule has 23 heavy (non-hydrogen) atoms. The number of rotatable bonds is 5. The van der Waals surface area contributed by atoms with E-state index in [4.69, 9.17) is 0 Å². The van der Waals surface area contributed by atoms with Crippen LogP contribution < -0.4 is 5.32 Å². The SMILES string of the molecule is CCCc1cc(NC(=O)[C@@H]2CCCCN2C(=O)[C@H]2C[C@H]2C)n[nH]1. The van der Waals surface area contributed by atoms with E-state index in [-0.39, 0.29) is 23.8 Å². The fourth-order valence-corrected chi connectivity index (χ4v) is 3.38. The zero-order chi connectivity index (χ0) is 16.4. The summed E-state index contributed by atoms with van der Waals surface area (Å²) in [5.74, 6) is 1.20. The van der Waals surface area contributed by atoms with Crippen LogP contribution in [0.15, 0.2) is 6.07 Å². The van der Waals surface area contributed by atoms with Crippen molar-refractivity contribution >= 4 is 17.6 Å². The molecule has 0 radical (unpaired) electrons. The third kappa shape index (κ3) is 3.57. The van der Waals surface area contributed by atoms with Crippen molar-refractivity contribution in [3.8, 4) is 0 Å². The van der Waals surface area contributed by atoms with Crippen molar-refractivity contribution in [2.75, 3.05) is 11.9 Å². The van der Waals surface area contributed by atoms with Gasteiger partial charge in [-0.05, 0) is 38.0 Å². The molecule has 1 aromatic rings. The highest BCUT2D eigenvalue weighted by Gasteiger charge is 2.44. The standard InChI is InChI=1S/C17H26N4O2/c1-3-6-12-10-15(20-19-12)18-16(22)14-7-4-5-8-21(14)17(23)13-9-11(13)2/h10-11,13-14H,3-9H2,1-2H3,(H2,18,19,20,22)/t11-,13+,14+/m1/s1. The monoisotopic (exact) mass is 318 g/mol. The molecule has 2 N–H and O–H groups in total. The lowest BCUT2D eigenvalue weighted by Gasteiger charge is -2.34. The summed E-state index contributed by atoms with van der Waals surface area (Å²) in [5, 5.41) is 9.95. The number of H-pyrrole nitrogens is 1. The number of anilines is 1. The minimum Gasteiger partial charge on any atom is -0.330 e. The predicted octanol–water partition coefficient (Wildman–Crippen LogP) is 2.34. The predicted molar refractivity (Wildman–Crippen MR) is 87.8 cm³/mol. The second-order valence-electron chi connectivity index (χ2n) is 6.88. The number of hydrogen-bond acceptors (Lipinski definition) is 3. The molecule has 0 bridgehead atoms. The quantitative estimate of drug-likeness (QED) is 0.874. The van der Waals surface area contributed by atoms with Gasteiger partial charge in [0.15, 0.2) is 5.82 Å². The van der Waals surface area contributed by atoms with E-state index in [0.717, 1.165) is 44.2 Å². The summed E-state index contributed by atoms with van der Waals surface area (Å²) >= 11 is 0. The molecule has 1 saturated heterocycles. The zero-order valence-electron chi connectivity index (χ0n) is 14.0. The van der Waals surface area contributed by atoms with Gasteiger partial charge in [0.05, 0.1) is 0 Å². The van der Waals surface area contributed by atoms with Gasteiger partial charge in [-0.2, -0.15) is 5.10 Å². The van der Waals surface area contributed by atoms with E-state index < -0.39 is 0 Å². The Labute approximate surface area is 137 Å². The first-order valence-corrected chi connectivity index (χ1v) is 8.75. The molecule has 1 saturated carbocycles. The first kappa shape index (κ1) is 16.0. The fourth-order valence-electron chi connectivity index (χ4n) is 3.38. The molecule has 1 aliphatic carbocycles. The van der Waals surface area contributed by atoms with Crippen LogP contribution in [0.25, 0.3) is 0 Å². The Hall–Kier alpha value is -1.85. The largest absolute Gasteiger partial charge is 0.330 e. The van der Waals surface area contributed by atoms with Gasteiger partial charge in [0.25, 0.3) is 0 Å². The van der Waals surface area contributed by atoms with Gasteiger partial charge in [-0.25, -0.2) is 0 Å². The minimum atomic E-state index is -0.352. The number of carbonyl (C=O) groups excluding carboxylic acids is 2. The lowest BCUT2D eigenvalue weighted by molar-refractivity contribution is -0.141. The van der Waals surface area contributed by atoms with Crippen molar-refractivity contribution in [1.29, 1.82) is 0 Å². The van der Waals surface area contributed by atoms with Crippen LogP contribution in [0.5, 0.6) is 0 Å². The van der Waals surface area contributed by atoms with Crippen LogP contribution in [0.3, 0.4) is 0 Å². The summed E-state index contributed by atoms with van der Waals surface area (Å²) in [6.45, 7) is 4.89. The Morgan fingerprint density at radius 3 is 2.91 bits per heavy atom. The topological polar surface area (TPSA) is 78.1 Å². The molecular formula is C17H26N4O2. The van der Waals surface area contributed by atoms with Crippen molar-refractivity contribution < 1.29 is 9.59 Å². The first-order chi connectivity index (χ1) is 11.1. The lowest BCUT2D eigenvalue weighted by atomic mass is 10.0. The van der Waals surface area contributed by atoms with Crippen LogP contribution in [0, 0.1) is 11.8 Å². The van der Waals surface area contributed by atoms with Crippen molar-refractivity contribution in [2.45, 2.75) is 58.4 Å². The Morgan fingerprint density at radius 1 is 1.43 bits per heavy atom. The van der Waals surface area contributed by atoms with E-state index in [9.17, 15) is 9.59 Å². The molecule has 1 aliphatic heterocycles. The van der Waals surface area contributed by atoms with E-state index >= 15 is 0 Å². The summed E-state index contributed by atoms with van der Waals surface area (Å²) < 4.78 is 0. The molecule has 3 atom stereocenters. The van der Waals surface area contributed by atoms with Gasteiger partial charge < -0.3 is 10.2 Å². The van der Waals surface area contributed by atoms with Crippen LogP contribution in [0.1, 0.15) is 51.6 Å². The number of nitrogens with zero attached hydrogens (tertiary/aromatic N) is 2. The lowest BCUT2D eigenvalue weighted by Crippen LogP contribution is -2.50. The van der Waals surface area contributed by atoms with Gasteiger partial charge in [0, 0.05) is 24.2 Å². The van der Waals surface area contributed by atoms with Gasteiger partial charge in [0.1, 0.15) is 6.04 Å². The average Bonchev–Trinajstić information content (AvgIpc) is 3.12. The van der Waals surface area contributed by atoms with Crippen LogP contribution in [-0.2, 0) is 16.0 Å². The number of carbonyl (C=O) groups is 2. The van der Waals surface area contributed by atoms with Gasteiger partial charge in [0.2, 0.25) is 11.8 Å². The summed E-state index contributed by atoms with van der Waals surface area (Å²) in [6.07, 6.45) is 5.62. The maximum absolute atomic E-state index is 12.6. The van der Waals surface area contributed by atoms with E-state index in [1.54, 1.807) is 4.90 Å². The third-order valence-corrected chi connectivity index (χ3v) is 4.92. The number of likely N-dealkylation sites (tertiary alicyclic amines) is 1. The Bertz CT molecular complexity index is 583. The molecule has 0 unspecified atom stereocenters. The molecule has 1 aromatic heterocycles. The number of aryl methyl sites for hydroxylation is 1. The van der Waals surface area contributed by atoms with Crippen molar-refractivity contribution in [3.05, 3.63) is 11.8 Å². The van der Waals surface area contributed by atoms with E-state index in [1.807, 2.05) is 6.07 Å². The molecular weight excluding hydrogens is 292 g/mol. The van der Waals surface area contributed by atoms with Crippen LogP contribution in [0.2, 0.25) is 0 Å². The summed E-state index contributed by atoms with van der Waals surface area (Å²) in [5.41, 5.74) is 1.02. The normalized spacial score (nSPS) is 26.9. The highest BCUT2D eigenvalue weighted by atomic mass is 16.2. The summed E-state index contributed by atoms with van der Waals surface area (Å²) in [7, 11) is 0. The van der Waals surface area contributed by atoms with Crippen LogP contribution in [-0.4, -0.2) is 39.5 Å². The highest BCUT2D eigenvalue weighted by Crippen LogP contribution is 2.40. The van der Waals surface area contributed by atoms with E-state index in [1.165, 1.54) is 0 Å². The molecule has 6 heteroatoms. The molecule has 0 spiro atoms. The van der Waals surface area contributed by atoms with Gasteiger partial charge in [-0.3, -0.25) is 14.7 Å². The molecule has 0 aromatic carbocycles. The van der Waals surface area contributed by atoms with Crippen LogP contribution >= 0.6 is 0 Å². The average molecular weight is 318 g/mol. The zero-order valence-corrected chi connectivity index (χ0v) is 14.0. The first-order valence-electron chi connectivity index (χ1n) is 8.75. The number of aromatic amines is 1. The second-order valence-corrected chi connectivity index (χ2v) is 6.88. The molecule has 2 heterocycles. The number of piperidine rings is 1. The highest BCUT2D eigenvalue weighted by molar-refractivity contribution is 5.97. The maximum atomic E-state index is 12.6. The van der Waals surface area contributed by atoms with E-state index in [0.29, 0.717) is 18.3 Å². The van der Waals surface area contributed by atoms with E-state index in [2.05, 4.69) is 29.4 Å². The molecule has 2 aliphatic rings. The Morgan fingerprint density at radius 2 is 2.22 bits per heavy atom. The second kappa shape index (κ2) is 6.72. The number of nitrogens with one attached hydrogen (secondary N) is 2. The fraction of sp³-hybridized carbons (Fsp3) is 0.706. The molecule has 126 valence electrons. The number of hydrogen-bond donors (Lipinski definition) is 2. The molecule has 2 fully saturated rings.